The van der Waals surface area contributed by atoms with Gasteiger partial charge in [0.15, 0.2) is 5.65 Å². The highest BCUT2D eigenvalue weighted by Gasteiger charge is 2.25. The lowest BCUT2D eigenvalue weighted by molar-refractivity contribution is 0.250. The molecule has 0 bridgehead atoms. The molecule has 0 amide bonds. The van der Waals surface area contributed by atoms with Crippen LogP contribution in [-0.4, -0.2) is 39.6 Å². The fourth-order valence-corrected chi connectivity index (χ4v) is 3.34. The number of fused-ring (bicyclic) bond motifs is 1. The molecule has 0 atom stereocenters. The first-order valence-corrected chi connectivity index (χ1v) is 8.00. The van der Waals surface area contributed by atoms with E-state index in [0.717, 1.165) is 48.6 Å². The summed E-state index contributed by atoms with van der Waals surface area (Å²) >= 11 is 0. The average Bonchev–Trinajstić information content (AvgIpc) is 2.95. The van der Waals surface area contributed by atoms with Crippen LogP contribution >= 0.6 is 0 Å². The molecule has 3 aromatic rings. The second-order valence-corrected chi connectivity index (χ2v) is 6.21. The Balaban J connectivity index is 1.88. The maximum Gasteiger partial charge on any atom is 0.164 e. The van der Waals surface area contributed by atoms with Crippen LogP contribution in [0.4, 0.5) is 4.39 Å². The van der Waals surface area contributed by atoms with Crippen LogP contribution in [0.1, 0.15) is 24.6 Å². The zero-order valence-corrected chi connectivity index (χ0v) is 13.1. The molecule has 0 N–H and O–H groups in total. The zero-order valence-electron chi connectivity index (χ0n) is 13.1. The molecule has 0 spiro atoms. The van der Waals surface area contributed by atoms with E-state index >= 15 is 0 Å². The van der Waals surface area contributed by atoms with Crippen molar-refractivity contribution in [1.29, 1.82) is 0 Å². The first-order chi connectivity index (χ1) is 11.2. The quantitative estimate of drug-likeness (QED) is 0.728. The molecule has 1 saturated heterocycles. The molecule has 1 aliphatic rings. The second-order valence-electron chi connectivity index (χ2n) is 6.21. The van der Waals surface area contributed by atoms with E-state index in [1.54, 1.807) is 18.3 Å². The fraction of sp³-hybridized carbons (Fsp3) is 0.333. The Bertz CT molecular complexity index is 834. The first kappa shape index (κ1) is 14.3. The van der Waals surface area contributed by atoms with Crippen molar-refractivity contribution >= 4 is 11.2 Å². The van der Waals surface area contributed by atoms with Gasteiger partial charge >= 0.3 is 0 Å². The lowest BCUT2D eigenvalue weighted by atomic mass is 9.96. The van der Waals surface area contributed by atoms with Crippen LogP contribution in [-0.2, 0) is 0 Å². The molecule has 0 saturated carbocycles. The van der Waals surface area contributed by atoms with Crippen LogP contribution in [0.5, 0.6) is 0 Å². The van der Waals surface area contributed by atoms with Gasteiger partial charge in [0.25, 0.3) is 0 Å². The van der Waals surface area contributed by atoms with Gasteiger partial charge in [-0.25, -0.2) is 14.4 Å². The highest BCUT2D eigenvalue weighted by atomic mass is 19.1. The van der Waals surface area contributed by atoms with E-state index in [9.17, 15) is 4.39 Å². The van der Waals surface area contributed by atoms with Crippen molar-refractivity contribution < 1.29 is 4.39 Å². The van der Waals surface area contributed by atoms with Gasteiger partial charge in [-0.2, -0.15) is 0 Å². The SMILES string of the molecule is CN1CCC(c2nc3cccnc3n2-c2cccc(F)c2)CC1. The Morgan fingerprint density at radius 3 is 2.74 bits per heavy atom. The monoisotopic (exact) mass is 310 g/mol. The Morgan fingerprint density at radius 2 is 1.96 bits per heavy atom. The summed E-state index contributed by atoms with van der Waals surface area (Å²) in [5.74, 6) is 1.13. The Morgan fingerprint density at radius 1 is 1.13 bits per heavy atom. The second kappa shape index (κ2) is 5.74. The van der Waals surface area contributed by atoms with Crippen molar-refractivity contribution in [2.75, 3.05) is 20.1 Å². The van der Waals surface area contributed by atoms with E-state index in [0.29, 0.717) is 5.92 Å². The van der Waals surface area contributed by atoms with Gasteiger partial charge in [0.05, 0.1) is 5.69 Å². The number of benzene rings is 1. The number of likely N-dealkylation sites (tertiary alicyclic amines) is 1. The van der Waals surface area contributed by atoms with Crippen molar-refractivity contribution in [3.63, 3.8) is 0 Å². The average molecular weight is 310 g/mol. The molecule has 5 heteroatoms. The standard InChI is InChI=1S/C18H19FN4/c1-22-10-7-13(8-11-22)17-21-16-6-3-9-20-18(16)23(17)15-5-2-4-14(19)12-15/h2-6,9,12-13H,7-8,10-11H2,1H3. The van der Waals surface area contributed by atoms with Gasteiger partial charge < -0.3 is 4.90 Å². The minimum absolute atomic E-state index is 0.241. The Kier molecular flexibility index (Phi) is 3.58. The summed E-state index contributed by atoms with van der Waals surface area (Å²) in [5, 5.41) is 0. The molecule has 3 heterocycles. The summed E-state index contributed by atoms with van der Waals surface area (Å²) < 4.78 is 15.7. The predicted octanol–water partition coefficient (Wildman–Crippen LogP) is 3.37. The van der Waals surface area contributed by atoms with E-state index in [-0.39, 0.29) is 5.82 Å². The molecular formula is C18H19FN4. The van der Waals surface area contributed by atoms with Crippen LogP contribution in [0.25, 0.3) is 16.9 Å². The Labute approximate surface area is 134 Å². The molecule has 4 rings (SSSR count). The van der Waals surface area contributed by atoms with E-state index < -0.39 is 0 Å². The third-order valence-electron chi connectivity index (χ3n) is 4.59. The number of rotatable bonds is 2. The first-order valence-electron chi connectivity index (χ1n) is 8.00. The Hall–Kier alpha value is -2.27. The van der Waals surface area contributed by atoms with Gasteiger partial charge in [-0.15, -0.1) is 0 Å². The number of hydrogen-bond donors (Lipinski definition) is 0. The topological polar surface area (TPSA) is 34.0 Å². The molecule has 23 heavy (non-hydrogen) atoms. The minimum Gasteiger partial charge on any atom is -0.306 e. The third-order valence-corrected chi connectivity index (χ3v) is 4.59. The number of hydrogen-bond acceptors (Lipinski definition) is 3. The molecule has 1 aliphatic heterocycles. The van der Waals surface area contributed by atoms with E-state index in [1.165, 1.54) is 6.07 Å². The summed E-state index contributed by atoms with van der Waals surface area (Å²) in [6, 6.07) is 10.5. The van der Waals surface area contributed by atoms with Gasteiger partial charge in [0.1, 0.15) is 17.2 Å². The molecule has 1 aromatic carbocycles. The van der Waals surface area contributed by atoms with Gasteiger partial charge in [0.2, 0.25) is 0 Å². The maximum atomic E-state index is 13.7. The van der Waals surface area contributed by atoms with Crippen molar-refractivity contribution in [3.05, 3.63) is 54.2 Å². The summed E-state index contributed by atoms with van der Waals surface area (Å²) in [7, 11) is 2.15. The van der Waals surface area contributed by atoms with E-state index in [2.05, 4.69) is 16.9 Å². The van der Waals surface area contributed by atoms with Crippen LogP contribution < -0.4 is 0 Å². The number of piperidine rings is 1. The van der Waals surface area contributed by atoms with Crippen molar-refractivity contribution in [3.8, 4) is 5.69 Å². The van der Waals surface area contributed by atoms with Gasteiger partial charge in [-0.3, -0.25) is 4.57 Å². The van der Waals surface area contributed by atoms with Gasteiger partial charge in [0, 0.05) is 12.1 Å². The fourth-order valence-electron chi connectivity index (χ4n) is 3.34. The van der Waals surface area contributed by atoms with E-state index in [4.69, 9.17) is 4.98 Å². The molecule has 118 valence electrons. The summed E-state index contributed by atoms with van der Waals surface area (Å²) in [5.41, 5.74) is 2.46. The molecular weight excluding hydrogens is 291 g/mol. The normalized spacial score (nSPS) is 17.0. The lowest BCUT2D eigenvalue weighted by Crippen LogP contribution is -2.30. The maximum absolute atomic E-state index is 13.7. The molecule has 0 radical (unpaired) electrons. The predicted molar refractivity (Wildman–Crippen MR) is 88.3 cm³/mol. The van der Waals surface area contributed by atoms with Gasteiger partial charge in [-0.1, -0.05) is 6.07 Å². The number of halogens is 1. The number of pyridine rings is 1. The van der Waals surface area contributed by atoms with Crippen molar-refractivity contribution in [1.82, 2.24) is 19.4 Å². The lowest BCUT2D eigenvalue weighted by Gasteiger charge is -2.28. The summed E-state index contributed by atoms with van der Waals surface area (Å²) in [6.07, 6.45) is 3.89. The summed E-state index contributed by atoms with van der Waals surface area (Å²) in [6.45, 7) is 2.12. The van der Waals surface area contributed by atoms with Crippen LogP contribution in [0, 0.1) is 5.82 Å². The highest BCUT2D eigenvalue weighted by Crippen LogP contribution is 2.31. The van der Waals surface area contributed by atoms with Crippen LogP contribution in [0.3, 0.4) is 0 Å². The van der Waals surface area contributed by atoms with Crippen LogP contribution in [0.2, 0.25) is 0 Å². The number of nitrogens with zero attached hydrogens (tertiary/aromatic N) is 4. The molecule has 0 unspecified atom stereocenters. The van der Waals surface area contributed by atoms with Crippen LogP contribution in [0.15, 0.2) is 42.6 Å². The molecule has 0 aliphatic carbocycles. The minimum atomic E-state index is -0.241. The largest absolute Gasteiger partial charge is 0.306 e. The molecule has 2 aromatic heterocycles. The van der Waals surface area contributed by atoms with Crippen molar-refractivity contribution in [2.45, 2.75) is 18.8 Å². The highest BCUT2D eigenvalue weighted by molar-refractivity contribution is 5.74. The zero-order chi connectivity index (χ0) is 15.8. The van der Waals surface area contributed by atoms with E-state index in [1.807, 2.05) is 22.8 Å². The smallest absolute Gasteiger partial charge is 0.164 e. The molecule has 1 fully saturated rings. The van der Waals surface area contributed by atoms with Gasteiger partial charge in [-0.05, 0) is 63.3 Å². The van der Waals surface area contributed by atoms with Crippen molar-refractivity contribution in [2.24, 2.45) is 0 Å². The molecule has 4 nitrogen and oxygen atoms in total. The summed E-state index contributed by atoms with van der Waals surface area (Å²) in [4.78, 5) is 11.6. The number of imidazole rings is 1. The third kappa shape index (κ3) is 2.61. The number of aromatic nitrogens is 3.